The minimum Gasteiger partial charge on any atom is -0.384 e. The maximum absolute atomic E-state index is 14.1. The van der Waals surface area contributed by atoms with Crippen molar-refractivity contribution in [1.29, 1.82) is 0 Å². The number of hydrogen-bond donors (Lipinski definition) is 2. The Morgan fingerprint density at radius 2 is 2.07 bits per heavy atom. The van der Waals surface area contributed by atoms with Crippen LogP contribution in [0.25, 0.3) is 0 Å². The Hall–Kier alpha value is -2.33. The molecule has 0 aromatic carbocycles. The molecular formula is C18H20F2N6OS. The molecule has 0 radical (unpaired) electrons. The number of rotatable bonds is 3. The minimum absolute atomic E-state index is 0.0435. The number of nitrogens with zero attached hydrogens (tertiary/aromatic N) is 5. The third-order valence-corrected chi connectivity index (χ3v) is 6.01. The summed E-state index contributed by atoms with van der Waals surface area (Å²) in [5.74, 6) is -0.0362. The number of pyridine rings is 1. The van der Waals surface area contributed by atoms with Gasteiger partial charge in [-0.25, -0.2) is 23.7 Å². The summed E-state index contributed by atoms with van der Waals surface area (Å²) in [6, 6.07) is 2.97. The second-order valence-electron chi connectivity index (χ2n) is 7.55. The molecule has 4 rings (SSSR count). The molecule has 0 bridgehead atoms. The van der Waals surface area contributed by atoms with Crippen molar-refractivity contribution in [2.24, 2.45) is 16.6 Å². The van der Waals surface area contributed by atoms with Crippen LogP contribution < -0.4 is 10.6 Å². The number of nitrogens with two attached hydrogens (primary N) is 1. The zero-order chi connectivity index (χ0) is 20.1. The van der Waals surface area contributed by atoms with Crippen molar-refractivity contribution in [2.45, 2.75) is 25.0 Å². The van der Waals surface area contributed by atoms with Crippen molar-refractivity contribution < 1.29 is 13.9 Å². The molecule has 1 fully saturated rings. The van der Waals surface area contributed by atoms with Gasteiger partial charge < -0.3 is 15.7 Å². The number of halogens is 2. The van der Waals surface area contributed by atoms with Gasteiger partial charge >= 0.3 is 0 Å². The Balaban J connectivity index is 1.75. The Morgan fingerprint density at radius 1 is 1.29 bits per heavy atom. The van der Waals surface area contributed by atoms with Crippen LogP contribution in [0.1, 0.15) is 25.2 Å². The fourth-order valence-electron chi connectivity index (χ4n) is 3.70. The van der Waals surface area contributed by atoms with Crippen LogP contribution in [0.4, 0.5) is 14.7 Å². The highest BCUT2D eigenvalue weighted by atomic mass is 32.2. The molecule has 148 valence electrons. The van der Waals surface area contributed by atoms with Crippen molar-refractivity contribution in [3.8, 4) is 0 Å². The minimum atomic E-state index is -1.44. The van der Waals surface area contributed by atoms with Gasteiger partial charge in [-0.1, -0.05) is 11.8 Å². The summed E-state index contributed by atoms with van der Waals surface area (Å²) in [5.41, 5.74) is 4.36. The van der Waals surface area contributed by atoms with E-state index < -0.39 is 22.8 Å². The lowest BCUT2D eigenvalue weighted by Gasteiger charge is -2.33. The monoisotopic (exact) mass is 406 g/mol. The summed E-state index contributed by atoms with van der Waals surface area (Å²) in [4.78, 5) is 19.2. The number of hydrogen-bond acceptors (Lipinski definition) is 8. The van der Waals surface area contributed by atoms with E-state index in [2.05, 4.69) is 15.0 Å². The number of amidine groups is 1. The Kier molecular flexibility index (Phi) is 4.50. The van der Waals surface area contributed by atoms with Gasteiger partial charge in [0, 0.05) is 18.2 Å². The molecule has 2 aliphatic rings. The summed E-state index contributed by atoms with van der Waals surface area (Å²) in [6.45, 7) is 3.86. The molecule has 4 heterocycles. The van der Waals surface area contributed by atoms with Gasteiger partial charge in [0.1, 0.15) is 22.7 Å². The highest BCUT2D eigenvalue weighted by Crippen LogP contribution is 2.45. The molecule has 10 heteroatoms. The van der Waals surface area contributed by atoms with Crippen molar-refractivity contribution in [2.75, 3.05) is 23.7 Å². The molecular weight excluding hydrogens is 386 g/mol. The van der Waals surface area contributed by atoms with E-state index in [4.69, 9.17) is 10.7 Å². The van der Waals surface area contributed by atoms with Gasteiger partial charge in [-0.2, -0.15) is 0 Å². The number of aliphatic hydroxyl groups is 1. The summed E-state index contributed by atoms with van der Waals surface area (Å²) < 4.78 is 27.5. The van der Waals surface area contributed by atoms with Crippen molar-refractivity contribution in [3.05, 3.63) is 47.5 Å². The third-order valence-electron chi connectivity index (χ3n) is 5.05. The first-order valence-electron chi connectivity index (χ1n) is 8.79. The second kappa shape index (κ2) is 6.63. The summed E-state index contributed by atoms with van der Waals surface area (Å²) in [7, 11) is 0. The lowest BCUT2D eigenvalue weighted by Crippen LogP contribution is -2.40. The van der Waals surface area contributed by atoms with Crippen molar-refractivity contribution in [3.63, 3.8) is 0 Å². The molecule has 3 N–H and O–H groups in total. The zero-order valence-electron chi connectivity index (χ0n) is 15.4. The van der Waals surface area contributed by atoms with E-state index in [0.29, 0.717) is 35.7 Å². The van der Waals surface area contributed by atoms with Crippen LogP contribution in [0.3, 0.4) is 0 Å². The van der Waals surface area contributed by atoms with E-state index >= 15 is 0 Å². The highest BCUT2D eigenvalue weighted by molar-refractivity contribution is 8.13. The topological polar surface area (TPSA) is 101 Å². The van der Waals surface area contributed by atoms with Crippen molar-refractivity contribution in [1.82, 2.24) is 15.0 Å². The van der Waals surface area contributed by atoms with E-state index in [1.165, 1.54) is 31.7 Å². The standard InChI is InChI=1S/C18H20F2N6OS/c1-17(2,27)14-12(20)6-23-16(24-14)26-7-10-8-28-15(21)25-18(10,9-26)13-4-3-11(19)5-22-13/h3-6,10,27H,7-9H2,1-2H3,(H2,21,25). The third kappa shape index (κ3) is 3.20. The molecule has 2 aromatic rings. The van der Waals surface area contributed by atoms with Gasteiger partial charge in [0.25, 0.3) is 0 Å². The largest absolute Gasteiger partial charge is 0.384 e. The maximum atomic E-state index is 14.1. The predicted octanol–water partition coefficient (Wildman–Crippen LogP) is 1.77. The lowest BCUT2D eigenvalue weighted by molar-refractivity contribution is 0.0693. The van der Waals surface area contributed by atoms with Gasteiger partial charge in [0.05, 0.1) is 24.6 Å². The average Bonchev–Trinajstić information content (AvgIpc) is 3.01. The molecule has 0 amide bonds. The smallest absolute Gasteiger partial charge is 0.225 e. The zero-order valence-corrected chi connectivity index (χ0v) is 16.2. The van der Waals surface area contributed by atoms with Gasteiger partial charge in [-0.3, -0.25) is 4.98 Å². The quantitative estimate of drug-likeness (QED) is 0.801. The number of aromatic nitrogens is 3. The molecule has 2 atom stereocenters. The molecule has 2 unspecified atom stereocenters. The van der Waals surface area contributed by atoms with Gasteiger partial charge in [-0.15, -0.1) is 0 Å². The van der Waals surface area contributed by atoms with Crippen LogP contribution in [0.15, 0.2) is 29.5 Å². The molecule has 0 spiro atoms. The predicted molar refractivity (Wildman–Crippen MR) is 103 cm³/mol. The van der Waals surface area contributed by atoms with Crippen LogP contribution in [0.5, 0.6) is 0 Å². The summed E-state index contributed by atoms with van der Waals surface area (Å²) >= 11 is 1.46. The first kappa shape index (κ1) is 19.0. The van der Waals surface area contributed by atoms with Crippen LogP contribution >= 0.6 is 11.8 Å². The van der Waals surface area contributed by atoms with E-state index in [1.807, 2.05) is 4.90 Å². The molecule has 0 saturated carbocycles. The Labute approximate surface area is 165 Å². The fraction of sp³-hybridized carbons (Fsp3) is 0.444. The molecule has 7 nitrogen and oxygen atoms in total. The van der Waals surface area contributed by atoms with Crippen molar-refractivity contribution >= 4 is 22.9 Å². The summed E-state index contributed by atoms with van der Waals surface area (Å²) in [5, 5.41) is 10.6. The van der Waals surface area contributed by atoms with Gasteiger partial charge in [-0.05, 0) is 26.0 Å². The first-order chi connectivity index (χ1) is 13.2. The second-order valence-corrected chi connectivity index (χ2v) is 8.59. The Morgan fingerprint density at radius 3 is 2.75 bits per heavy atom. The average molecular weight is 406 g/mol. The van der Waals surface area contributed by atoms with Gasteiger partial charge in [0.2, 0.25) is 5.95 Å². The SMILES string of the molecule is CC(C)(O)c1nc(N2CC3CSC(N)=NC3(c3ccc(F)cn3)C2)ncc1F. The van der Waals surface area contributed by atoms with Crippen LogP contribution in [0.2, 0.25) is 0 Å². The number of fused-ring (bicyclic) bond motifs is 1. The maximum Gasteiger partial charge on any atom is 0.225 e. The molecule has 1 saturated heterocycles. The van der Waals surface area contributed by atoms with E-state index in [0.717, 1.165) is 12.4 Å². The number of aliphatic imine (C=N–C) groups is 1. The molecule has 28 heavy (non-hydrogen) atoms. The van der Waals surface area contributed by atoms with Crippen LogP contribution in [-0.2, 0) is 11.1 Å². The fourth-order valence-corrected chi connectivity index (χ4v) is 4.69. The Bertz CT molecular complexity index is 933. The van der Waals surface area contributed by atoms with Crippen LogP contribution in [-0.4, -0.2) is 44.1 Å². The first-order valence-corrected chi connectivity index (χ1v) is 9.78. The molecule has 0 aliphatic carbocycles. The molecule has 2 aliphatic heterocycles. The van der Waals surface area contributed by atoms with E-state index in [9.17, 15) is 13.9 Å². The normalized spacial score (nSPS) is 24.8. The lowest BCUT2D eigenvalue weighted by atomic mass is 9.85. The molecule has 2 aromatic heterocycles. The number of anilines is 1. The van der Waals surface area contributed by atoms with Gasteiger partial charge in [0.15, 0.2) is 11.0 Å². The van der Waals surface area contributed by atoms with Crippen LogP contribution in [0, 0.1) is 17.6 Å². The summed E-state index contributed by atoms with van der Waals surface area (Å²) in [6.07, 6.45) is 2.23. The van der Waals surface area contributed by atoms with E-state index in [-0.39, 0.29) is 11.6 Å². The number of thioether (sulfide) groups is 1. The highest BCUT2D eigenvalue weighted by Gasteiger charge is 2.52. The van der Waals surface area contributed by atoms with E-state index in [1.54, 1.807) is 6.07 Å².